The standard InChI is InChI=1S/C13H15ClN2O4/c1-3-20-13(18)12(11(17)8-14)16-15-9-4-6-10(19-2)7-5-9/h4-7,15H,3,8H2,1-2H3/b16-12+. The Morgan fingerprint density at radius 2 is 1.95 bits per heavy atom. The highest BCUT2D eigenvalue weighted by Crippen LogP contribution is 2.14. The van der Waals surface area contributed by atoms with E-state index in [0.717, 1.165) is 0 Å². The lowest BCUT2D eigenvalue weighted by molar-refractivity contribution is -0.135. The molecule has 0 aliphatic heterocycles. The fourth-order valence-electron chi connectivity index (χ4n) is 1.27. The number of hydrazone groups is 1. The number of Topliss-reactive ketones (excluding diaryl/α,β-unsaturated/α-hetero) is 1. The Kier molecular flexibility index (Phi) is 6.52. The van der Waals surface area contributed by atoms with Crippen molar-refractivity contribution >= 4 is 34.8 Å². The number of carbonyl (C=O) groups is 2. The minimum absolute atomic E-state index is 0.149. The van der Waals surface area contributed by atoms with Gasteiger partial charge in [0.1, 0.15) is 5.75 Å². The van der Waals surface area contributed by atoms with Gasteiger partial charge in [-0.25, -0.2) is 4.79 Å². The van der Waals surface area contributed by atoms with Crippen LogP contribution in [0.3, 0.4) is 0 Å². The van der Waals surface area contributed by atoms with Crippen LogP contribution in [-0.2, 0) is 14.3 Å². The number of ketones is 1. The van der Waals surface area contributed by atoms with Crippen molar-refractivity contribution in [3.63, 3.8) is 0 Å². The zero-order chi connectivity index (χ0) is 15.0. The monoisotopic (exact) mass is 298 g/mol. The smallest absolute Gasteiger partial charge is 0.362 e. The van der Waals surface area contributed by atoms with Gasteiger partial charge in [-0.15, -0.1) is 11.6 Å². The van der Waals surface area contributed by atoms with Gasteiger partial charge in [0.15, 0.2) is 0 Å². The lowest BCUT2D eigenvalue weighted by Gasteiger charge is -2.06. The maximum absolute atomic E-state index is 11.6. The van der Waals surface area contributed by atoms with Crippen LogP contribution in [0.5, 0.6) is 5.75 Å². The van der Waals surface area contributed by atoms with Crippen LogP contribution in [0.15, 0.2) is 29.4 Å². The van der Waals surface area contributed by atoms with E-state index < -0.39 is 11.8 Å². The van der Waals surface area contributed by atoms with Crippen molar-refractivity contribution < 1.29 is 19.1 Å². The normalized spacial score (nSPS) is 10.8. The maximum atomic E-state index is 11.6. The molecule has 0 aromatic heterocycles. The number of rotatable bonds is 7. The number of carbonyl (C=O) groups excluding carboxylic acids is 2. The molecule has 0 fully saturated rings. The molecular weight excluding hydrogens is 284 g/mol. The second-order valence-corrected chi connectivity index (χ2v) is 3.85. The van der Waals surface area contributed by atoms with Gasteiger partial charge in [0.2, 0.25) is 11.5 Å². The van der Waals surface area contributed by atoms with Crippen LogP contribution in [0.1, 0.15) is 6.92 Å². The minimum atomic E-state index is -0.806. The summed E-state index contributed by atoms with van der Waals surface area (Å²) < 4.78 is 9.75. The number of anilines is 1. The molecular formula is C13H15ClN2O4. The molecule has 108 valence electrons. The average molecular weight is 299 g/mol. The minimum Gasteiger partial charge on any atom is -0.497 e. The Bertz CT molecular complexity index is 500. The van der Waals surface area contributed by atoms with E-state index in [4.69, 9.17) is 21.1 Å². The number of hydrogen-bond acceptors (Lipinski definition) is 6. The summed E-state index contributed by atoms with van der Waals surface area (Å²) in [7, 11) is 1.55. The molecule has 0 spiro atoms. The summed E-state index contributed by atoms with van der Waals surface area (Å²) in [6.07, 6.45) is 0. The maximum Gasteiger partial charge on any atom is 0.362 e. The first-order chi connectivity index (χ1) is 9.62. The van der Waals surface area contributed by atoms with Crippen LogP contribution < -0.4 is 10.2 Å². The Balaban J connectivity index is 2.84. The predicted molar refractivity (Wildman–Crippen MR) is 76.4 cm³/mol. The molecule has 1 aromatic rings. The number of halogens is 1. The largest absolute Gasteiger partial charge is 0.497 e. The summed E-state index contributed by atoms with van der Waals surface area (Å²) in [6, 6.07) is 6.81. The molecule has 0 heterocycles. The Hall–Kier alpha value is -2.08. The predicted octanol–water partition coefficient (Wildman–Crippen LogP) is 1.83. The number of methoxy groups -OCH3 is 1. The summed E-state index contributed by atoms with van der Waals surface area (Å²) >= 11 is 5.43. The fraction of sp³-hybridized carbons (Fsp3) is 0.308. The van der Waals surface area contributed by atoms with E-state index in [1.54, 1.807) is 38.3 Å². The molecule has 1 N–H and O–H groups in total. The third-order valence-corrected chi connectivity index (χ3v) is 2.48. The first kappa shape index (κ1) is 16.0. The number of nitrogens with zero attached hydrogens (tertiary/aromatic N) is 1. The van der Waals surface area contributed by atoms with Gasteiger partial charge in [-0.05, 0) is 31.2 Å². The van der Waals surface area contributed by atoms with Crippen molar-refractivity contribution in [1.29, 1.82) is 0 Å². The molecule has 0 amide bonds. The molecule has 1 rings (SSSR count). The molecule has 20 heavy (non-hydrogen) atoms. The molecule has 0 saturated heterocycles. The van der Waals surface area contributed by atoms with Crippen molar-refractivity contribution in [2.45, 2.75) is 6.92 Å². The summed E-state index contributed by atoms with van der Waals surface area (Å²) in [5, 5.41) is 3.76. The third kappa shape index (κ3) is 4.55. The Labute approximate surface area is 121 Å². The van der Waals surface area contributed by atoms with Crippen molar-refractivity contribution in [3.8, 4) is 5.75 Å². The summed E-state index contributed by atoms with van der Waals surface area (Å²) in [4.78, 5) is 23.1. The first-order valence-electron chi connectivity index (χ1n) is 5.86. The quantitative estimate of drug-likeness (QED) is 0.273. The van der Waals surface area contributed by atoms with Gasteiger partial charge in [-0.1, -0.05) is 0 Å². The Morgan fingerprint density at radius 3 is 2.45 bits per heavy atom. The molecule has 6 nitrogen and oxygen atoms in total. The van der Waals surface area contributed by atoms with Crippen LogP contribution in [0, 0.1) is 0 Å². The van der Waals surface area contributed by atoms with E-state index in [9.17, 15) is 9.59 Å². The zero-order valence-corrected chi connectivity index (χ0v) is 11.9. The number of esters is 1. The number of benzene rings is 1. The van der Waals surface area contributed by atoms with Crippen LogP contribution in [0.2, 0.25) is 0 Å². The lowest BCUT2D eigenvalue weighted by Crippen LogP contribution is -2.28. The van der Waals surface area contributed by atoms with Crippen molar-refractivity contribution in [1.82, 2.24) is 0 Å². The van der Waals surface area contributed by atoms with Crippen molar-refractivity contribution in [2.75, 3.05) is 25.0 Å². The number of hydrogen-bond donors (Lipinski definition) is 1. The Morgan fingerprint density at radius 1 is 1.30 bits per heavy atom. The van der Waals surface area contributed by atoms with Crippen molar-refractivity contribution in [2.24, 2.45) is 5.10 Å². The second kappa shape index (κ2) is 8.16. The number of alkyl halides is 1. The highest BCUT2D eigenvalue weighted by molar-refractivity contribution is 6.67. The van der Waals surface area contributed by atoms with Crippen molar-refractivity contribution in [3.05, 3.63) is 24.3 Å². The zero-order valence-electron chi connectivity index (χ0n) is 11.2. The molecule has 0 unspecified atom stereocenters. The van der Waals surface area contributed by atoms with E-state index in [1.807, 2.05) is 0 Å². The highest BCUT2D eigenvalue weighted by Gasteiger charge is 2.21. The van der Waals surface area contributed by atoms with Crippen LogP contribution in [0.25, 0.3) is 0 Å². The van der Waals surface area contributed by atoms with Crippen LogP contribution >= 0.6 is 11.6 Å². The molecule has 0 bridgehead atoms. The van der Waals surface area contributed by atoms with Gasteiger partial charge in [0.05, 0.1) is 25.3 Å². The van der Waals surface area contributed by atoms with E-state index in [1.165, 1.54) is 0 Å². The lowest BCUT2D eigenvalue weighted by atomic mass is 10.3. The molecule has 0 aliphatic rings. The van der Waals surface area contributed by atoms with Gasteiger partial charge in [-0.2, -0.15) is 5.10 Å². The van der Waals surface area contributed by atoms with E-state index in [-0.39, 0.29) is 18.2 Å². The molecule has 0 aliphatic carbocycles. The summed E-state index contributed by atoms with van der Waals surface area (Å²) in [6.45, 7) is 1.79. The van der Waals surface area contributed by atoms with Gasteiger partial charge < -0.3 is 9.47 Å². The molecule has 7 heteroatoms. The van der Waals surface area contributed by atoms with Gasteiger partial charge in [0, 0.05) is 0 Å². The van der Waals surface area contributed by atoms with E-state index in [2.05, 4.69) is 10.5 Å². The molecule has 1 aromatic carbocycles. The van der Waals surface area contributed by atoms with Crippen LogP contribution in [0.4, 0.5) is 5.69 Å². The SMILES string of the molecule is CCOC(=O)/C(=N/Nc1ccc(OC)cc1)C(=O)CCl. The van der Waals surface area contributed by atoms with Crippen LogP contribution in [-0.4, -0.2) is 37.1 Å². The molecule has 0 saturated carbocycles. The number of nitrogens with one attached hydrogen (secondary N) is 1. The fourth-order valence-corrected chi connectivity index (χ4v) is 1.40. The summed E-state index contributed by atoms with van der Waals surface area (Å²) in [5.74, 6) is -1.07. The average Bonchev–Trinajstić information content (AvgIpc) is 2.48. The van der Waals surface area contributed by atoms with E-state index in [0.29, 0.717) is 11.4 Å². The molecule has 0 radical (unpaired) electrons. The second-order valence-electron chi connectivity index (χ2n) is 3.58. The van der Waals surface area contributed by atoms with Gasteiger partial charge in [-0.3, -0.25) is 10.2 Å². The topological polar surface area (TPSA) is 77.0 Å². The highest BCUT2D eigenvalue weighted by atomic mass is 35.5. The number of ether oxygens (including phenoxy) is 2. The molecule has 0 atom stereocenters. The van der Waals surface area contributed by atoms with E-state index >= 15 is 0 Å². The third-order valence-electron chi connectivity index (χ3n) is 2.24. The summed E-state index contributed by atoms with van der Waals surface area (Å²) in [5.41, 5.74) is 2.83. The first-order valence-corrected chi connectivity index (χ1v) is 6.39. The van der Waals surface area contributed by atoms with Gasteiger partial charge >= 0.3 is 5.97 Å². The van der Waals surface area contributed by atoms with Gasteiger partial charge in [0.25, 0.3) is 0 Å².